The fraction of sp³-hybridized carbons (Fsp3) is 0.214. The van der Waals surface area contributed by atoms with Crippen molar-refractivity contribution in [2.75, 3.05) is 6.61 Å². The minimum absolute atomic E-state index is 0.0294. The number of carbonyl (C=O) groups excluding carboxylic acids is 1. The van der Waals surface area contributed by atoms with E-state index < -0.39 is 0 Å². The lowest BCUT2D eigenvalue weighted by Gasteiger charge is -2.07. The molecule has 0 aliphatic heterocycles. The summed E-state index contributed by atoms with van der Waals surface area (Å²) in [6, 6.07) is 6.80. The third kappa shape index (κ3) is 3.50. The fourth-order valence-electron chi connectivity index (χ4n) is 1.72. The molecule has 0 radical (unpaired) electrons. The number of aryl methyl sites for hydroxylation is 2. The molecule has 0 aliphatic rings. The fourth-order valence-corrected chi connectivity index (χ4v) is 3.13. The predicted molar refractivity (Wildman–Crippen MR) is 80.1 cm³/mol. The second kappa shape index (κ2) is 5.95. The number of benzene rings is 1. The minimum atomic E-state index is -0.0483. The Kier molecular flexibility index (Phi) is 4.50. The second-order valence-electron chi connectivity index (χ2n) is 4.11. The van der Waals surface area contributed by atoms with Gasteiger partial charge < -0.3 is 4.74 Å². The number of hydrogen-bond donors (Lipinski definition) is 0. The van der Waals surface area contributed by atoms with Crippen LogP contribution in [0.25, 0.3) is 0 Å². The third-order valence-electron chi connectivity index (χ3n) is 2.59. The average molecular weight is 315 g/mol. The van der Waals surface area contributed by atoms with E-state index in [1.807, 2.05) is 19.9 Å². The molecule has 1 aromatic heterocycles. The highest BCUT2D eigenvalue weighted by atomic mass is 35.5. The maximum Gasteiger partial charge on any atom is 0.201 e. The van der Waals surface area contributed by atoms with Crippen molar-refractivity contribution >= 4 is 40.3 Å². The lowest BCUT2D eigenvalue weighted by atomic mass is 10.2. The molecular formula is C14H12Cl2O2S. The van der Waals surface area contributed by atoms with Gasteiger partial charge in [0.2, 0.25) is 5.78 Å². The molecule has 2 aromatic rings. The number of Topliss-reactive ketones (excluding diaryl/α,β-unsaturated/α-hetero) is 1. The summed E-state index contributed by atoms with van der Waals surface area (Å²) in [5.41, 5.74) is 0.715. The highest BCUT2D eigenvalue weighted by molar-refractivity contribution is 7.12. The molecule has 0 fully saturated rings. The number of hydrogen-bond acceptors (Lipinski definition) is 3. The van der Waals surface area contributed by atoms with Crippen LogP contribution in [-0.4, -0.2) is 12.4 Å². The summed E-state index contributed by atoms with van der Waals surface area (Å²) in [5, 5.41) is 0.937. The maximum absolute atomic E-state index is 12.0. The average Bonchev–Trinajstić information content (AvgIpc) is 2.67. The van der Waals surface area contributed by atoms with E-state index in [0.29, 0.717) is 21.4 Å². The Morgan fingerprint density at radius 3 is 2.58 bits per heavy atom. The van der Waals surface area contributed by atoms with E-state index in [-0.39, 0.29) is 12.4 Å². The predicted octanol–water partition coefficient (Wildman–Crippen LogP) is 4.93. The molecule has 2 nitrogen and oxygen atoms in total. The molecular weight excluding hydrogens is 303 g/mol. The van der Waals surface area contributed by atoms with Crippen LogP contribution in [0.1, 0.15) is 20.1 Å². The monoisotopic (exact) mass is 314 g/mol. The summed E-state index contributed by atoms with van der Waals surface area (Å²) in [6.45, 7) is 3.88. The highest BCUT2D eigenvalue weighted by Gasteiger charge is 2.13. The van der Waals surface area contributed by atoms with Crippen LogP contribution in [-0.2, 0) is 0 Å². The van der Waals surface area contributed by atoms with Gasteiger partial charge in [-0.1, -0.05) is 23.2 Å². The maximum atomic E-state index is 12.0. The lowest BCUT2D eigenvalue weighted by molar-refractivity contribution is 0.0921. The summed E-state index contributed by atoms with van der Waals surface area (Å²) in [5.74, 6) is 0.414. The van der Waals surface area contributed by atoms with Crippen LogP contribution in [0.15, 0.2) is 24.3 Å². The van der Waals surface area contributed by atoms with Crippen molar-refractivity contribution in [3.63, 3.8) is 0 Å². The molecule has 0 amide bonds. The van der Waals surface area contributed by atoms with Gasteiger partial charge in [-0.3, -0.25) is 4.79 Å². The molecule has 0 saturated heterocycles. The lowest BCUT2D eigenvalue weighted by Crippen LogP contribution is -2.11. The normalized spacial score (nSPS) is 10.5. The van der Waals surface area contributed by atoms with Crippen molar-refractivity contribution in [1.82, 2.24) is 0 Å². The number of ether oxygens (including phenoxy) is 1. The first-order valence-corrected chi connectivity index (χ1v) is 7.22. The number of halogens is 2. The SMILES string of the molecule is Cc1cc(C(=O)COc2ccc(Cl)cc2Cl)c(C)s1. The van der Waals surface area contributed by atoms with Crippen molar-refractivity contribution in [3.8, 4) is 5.75 Å². The first kappa shape index (κ1) is 14.4. The molecule has 100 valence electrons. The minimum Gasteiger partial charge on any atom is -0.484 e. The van der Waals surface area contributed by atoms with E-state index in [4.69, 9.17) is 27.9 Å². The zero-order chi connectivity index (χ0) is 14.0. The Balaban J connectivity index is 2.06. The van der Waals surface area contributed by atoms with Gasteiger partial charge in [0.1, 0.15) is 5.75 Å². The molecule has 0 bridgehead atoms. The Morgan fingerprint density at radius 2 is 2.00 bits per heavy atom. The second-order valence-corrected chi connectivity index (χ2v) is 6.42. The molecule has 5 heteroatoms. The summed E-state index contributed by atoms with van der Waals surface area (Å²) in [4.78, 5) is 14.2. The molecule has 1 heterocycles. The molecule has 0 spiro atoms. The molecule has 0 atom stereocenters. The summed E-state index contributed by atoms with van der Waals surface area (Å²) < 4.78 is 5.44. The molecule has 0 N–H and O–H groups in total. The van der Waals surface area contributed by atoms with E-state index in [9.17, 15) is 4.79 Å². The first-order valence-electron chi connectivity index (χ1n) is 5.65. The van der Waals surface area contributed by atoms with Crippen molar-refractivity contribution in [2.45, 2.75) is 13.8 Å². The third-order valence-corrected chi connectivity index (χ3v) is 4.09. The quantitative estimate of drug-likeness (QED) is 0.748. The van der Waals surface area contributed by atoms with E-state index in [1.165, 1.54) is 0 Å². The molecule has 0 aliphatic carbocycles. The molecule has 19 heavy (non-hydrogen) atoms. The van der Waals surface area contributed by atoms with Crippen LogP contribution in [0.4, 0.5) is 0 Å². The first-order chi connectivity index (χ1) is 8.97. The van der Waals surface area contributed by atoms with Crippen molar-refractivity contribution in [3.05, 3.63) is 49.6 Å². The topological polar surface area (TPSA) is 26.3 Å². The van der Waals surface area contributed by atoms with E-state index >= 15 is 0 Å². The van der Waals surface area contributed by atoms with E-state index in [2.05, 4.69) is 0 Å². The number of thiophene rings is 1. The zero-order valence-electron chi connectivity index (χ0n) is 10.5. The van der Waals surface area contributed by atoms with Crippen LogP contribution >= 0.6 is 34.5 Å². The highest BCUT2D eigenvalue weighted by Crippen LogP contribution is 2.28. The Morgan fingerprint density at radius 1 is 1.26 bits per heavy atom. The number of ketones is 1. The Hall–Kier alpha value is -1.03. The van der Waals surface area contributed by atoms with Crippen LogP contribution in [0, 0.1) is 13.8 Å². The Labute approximate surface area is 125 Å². The van der Waals surface area contributed by atoms with Gasteiger partial charge in [0, 0.05) is 20.3 Å². The van der Waals surface area contributed by atoms with Gasteiger partial charge in [-0.15, -0.1) is 11.3 Å². The largest absolute Gasteiger partial charge is 0.484 e. The van der Waals surface area contributed by atoms with Gasteiger partial charge in [0.15, 0.2) is 6.61 Å². The zero-order valence-corrected chi connectivity index (χ0v) is 12.8. The standard InChI is InChI=1S/C14H12Cl2O2S/c1-8-5-11(9(2)19-8)13(17)7-18-14-4-3-10(15)6-12(14)16/h3-6H,7H2,1-2H3. The van der Waals surface area contributed by atoms with E-state index in [0.717, 1.165) is 9.75 Å². The number of carbonyl (C=O) groups is 1. The summed E-state index contributed by atoms with van der Waals surface area (Å²) in [6.07, 6.45) is 0. The summed E-state index contributed by atoms with van der Waals surface area (Å²) in [7, 11) is 0. The van der Waals surface area contributed by atoms with Gasteiger partial charge >= 0.3 is 0 Å². The summed E-state index contributed by atoms with van der Waals surface area (Å²) >= 11 is 13.4. The van der Waals surface area contributed by atoms with Gasteiger partial charge in [-0.25, -0.2) is 0 Å². The van der Waals surface area contributed by atoms with Crippen molar-refractivity contribution in [1.29, 1.82) is 0 Å². The van der Waals surface area contributed by atoms with Crippen LogP contribution < -0.4 is 4.74 Å². The van der Waals surface area contributed by atoms with Crippen LogP contribution in [0.2, 0.25) is 10.0 Å². The number of rotatable bonds is 4. The van der Waals surface area contributed by atoms with Gasteiger partial charge in [-0.2, -0.15) is 0 Å². The van der Waals surface area contributed by atoms with E-state index in [1.54, 1.807) is 29.5 Å². The van der Waals surface area contributed by atoms with Gasteiger partial charge in [-0.05, 0) is 38.1 Å². The van der Waals surface area contributed by atoms with Crippen molar-refractivity contribution in [2.24, 2.45) is 0 Å². The van der Waals surface area contributed by atoms with Crippen molar-refractivity contribution < 1.29 is 9.53 Å². The molecule has 2 rings (SSSR count). The molecule has 0 saturated carbocycles. The van der Waals surface area contributed by atoms with Gasteiger partial charge in [0.25, 0.3) is 0 Å². The smallest absolute Gasteiger partial charge is 0.201 e. The molecule has 0 unspecified atom stereocenters. The van der Waals surface area contributed by atoms with Crippen LogP contribution in [0.5, 0.6) is 5.75 Å². The van der Waals surface area contributed by atoms with Crippen LogP contribution in [0.3, 0.4) is 0 Å². The molecule has 1 aromatic carbocycles. The Bertz CT molecular complexity index is 620. The van der Waals surface area contributed by atoms with Gasteiger partial charge in [0.05, 0.1) is 5.02 Å².